The van der Waals surface area contributed by atoms with Crippen molar-refractivity contribution in [2.24, 2.45) is 0 Å². The van der Waals surface area contributed by atoms with Crippen molar-refractivity contribution in [1.29, 1.82) is 0 Å². The fraction of sp³-hybridized carbons (Fsp3) is 0.364. The number of ether oxygens (including phenoxy) is 1. The number of rotatable bonds is 8. The van der Waals surface area contributed by atoms with E-state index >= 15 is 0 Å². The van der Waals surface area contributed by atoms with Crippen LogP contribution < -0.4 is 15.4 Å². The maximum absolute atomic E-state index is 12.0. The summed E-state index contributed by atoms with van der Waals surface area (Å²) in [6.45, 7) is 7.30. The van der Waals surface area contributed by atoms with Gasteiger partial charge in [-0.25, -0.2) is 0 Å². The highest BCUT2D eigenvalue weighted by molar-refractivity contribution is 8.00. The van der Waals surface area contributed by atoms with Crippen LogP contribution in [0.5, 0.6) is 5.75 Å². The summed E-state index contributed by atoms with van der Waals surface area (Å²) in [5.41, 5.74) is 1.95. The lowest BCUT2D eigenvalue weighted by Crippen LogP contribution is -2.35. The molecular weight excluding hydrogens is 372 g/mol. The van der Waals surface area contributed by atoms with Gasteiger partial charge in [-0.15, -0.1) is 11.8 Å². The van der Waals surface area contributed by atoms with E-state index in [1.165, 1.54) is 17.3 Å². The Balaban J connectivity index is 1.66. The van der Waals surface area contributed by atoms with Crippen molar-refractivity contribution >= 4 is 23.6 Å². The summed E-state index contributed by atoms with van der Waals surface area (Å²) in [6, 6.07) is 15.2. The zero-order chi connectivity index (χ0) is 20.6. The molecule has 0 unspecified atom stereocenters. The number of carbonyl (C=O) groups is 2. The second-order valence-corrected chi connectivity index (χ2v) is 8.45. The molecule has 0 aliphatic rings. The first kappa shape index (κ1) is 21.8. The van der Waals surface area contributed by atoms with Crippen LogP contribution in [-0.2, 0) is 10.2 Å². The number of methoxy groups -OCH3 is 1. The van der Waals surface area contributed by atoms with E-state index in [4.69, 9.17) is 4.74 Å². The minimum absolute atomic E-state index is 0.0522. The smallest absolute Gasteiger partial charge is 0.251 e. The molecule has 0 aliphatic carbocycles. The molecule has 5 nitrogen and oxygen atoms in total. The lowest BCUT2D eigenvalue weighted by molar-refractivity contribution is -0.118. The van der Waals surface area contributed by atoms with Crippen LogP contribution in [0.2, 0.25) is 0 Å². The molecule has 0 spiro atoms. The van der Waals surface area contributed by atoms with Crippen LogP contribution in [0.3, 0.4) is 0 Å². The van der Waals surface area contributed by atoms with E-state index in [0.717, 1.165) is 4.90 Å². The Morgan fingerprint density at radius 1 is 0.929 bits per heavy atom. The Labute approximate surface area is 171 Å². The van der Waals surface area contributed by atoms with Crippen molar-refractivity contribution in [3.63, 3.8) is 0 Å². The van der Waals surface area contributed by atoms with E-state index < -0.39 is 0 Å². The Bertz CT molecular complexity index is 781. The van der Waals surface area contributed by atoms with Crippen LogP contribution in [0.15, 0.2) is 53.4 Å². The molecule has 2 N–H and O–H groups in total. The van der Waals surface area contributed by atoms with Crippen molar-refractivity contribution in [1.82, 2.24) is 10.6 Å². The quantitative estimate of drug-likeness (QED) is 0.524. The van der Waals surface area contributed by atoms with Crippen molar-refractivity contribution in [2.45, 2.75) is 31.1 Å². The van der Waals surface area contributed by atoms with E-state index in [2.05, 4.69) is 43.5 Å². The monoisotopic (exact) mass is 400 g/mol. The molecule has 2 aromatic rings. The molecule has 0 saturated heterocycles. The van der Waals surface area contributed by atoms with E-state index in [1.54, 1.807) is 31.4 Å². The van der Waals surface area contributed by atoms with Crippen LogP contribution in [0, 0.1) is 0 Å². The third-order valence-electron chi connectivity index (χ3n) is 4.18. The van der Waals surface area contributed by atoms with Gasteiger partial charge in [-0.05, 0) is 47.4 Å². The molecule has 0 saturated carbocycles. The fourth-order valence-electron chi connectivity index (χ4n) is 2.47. The summed E-state index contributed by atoms with van der Waals surface area (Å²) in [5, 5.41) is 5.60. The maximum Gasteiger partial charge on any atom is 0.251 e. The number of carbonyl (C=O) groups excluding carboxylic acids is 2. The van der Waals surface area contributed by atoms with Gasteiger partial charge >= 0.3 is 0 Å². The van der Waals surface area contributed by atoms with Crippen LogP contribution >= 0.6 is 11.8 Å². The molecule has 0 radical (unpaired) electrons. The Kier molecular flexibility index (Phi) is 7.93. The average molecular weight is 401 g/mol. The number of hydrogen-bond donors (Lipinski definition) is 2. The molecule has 0 bridgehead atoms. The molecule has 0 aromatic heterocycles. The molecule has 0 heterocycles. The maximum atomic E-state index is 12.0. The molecule has 0 aliphatic heterocycles. The number of benzene rings is 2. The summed E-state index contributed by atoms with van der Waals surface area (Å²) in [5.74, 6) is 0.824. The van der Waals surface area contributed by atoms with Crippen LogP contribution in [0.4, 0.5) is 0 Å². The molecule has 6 heteroatoms. The highest BCUT2D eigenvalue weighted by Crippen LogP contribution is 2.25. The second kappa shape index (κ2) is 10.2. The Morgan fingerprint density at radius 2 is 1.54 bits per heavy atom. The Morgan fingerprint density at radius 3 is 2.11 bits per heavy atom. The minimum atomic E-state index is -0.176. The van der Waals surface area contributed by atoms with Crippen molar-refractivity contribution in [2.75, 3.05) is 26.0 Å². The molecule has 2 amide bonds. The number of amides is 2. The predicted molar refractivity (Wildman–Crippen MR) is 114 cm³/mol. The first-order valence-electron chi connectivity index (χ1n) is 9.22. The van der Waals surface area contributed by atoms with E-state index in [1.807, 2.05) is 12.1 Å². The van der Waals surface area contributed by atoms with E-state index in [0.29, 0.717) is 30.2 Å². The first-order valence-corrected chi connectivity index (χ1v) is 10.2. The SMILES string of the molecule is COc1ccc(C(=O)NCCNC(=O)CSc2ccc(C(C)(C)C)cc2)cc1. The lowest BCUT2D eigenvalue weighted by atomic mass is 9.87. The van der Waals surface area contributed by atoms with Crippen LogP contribution in [0.25, 0.3) is 0 Å². The normalized spacial score (nSPS) is 11.0. The van der Waals surface area contributed by atoms with Gasteiger partial charge in [0.15, 0.2) is 0 Å². The molecule has 2 aromatic carbocycles. The molecule has 0 fully saturated rings. The fourth-order valence-corrected chi connectivity index (χ4v) is 3.20. The van der Waals surface area contributed by atoms with Gasteiger partial charge in [0.25, 0.3) is 5.91 Å². The summed E-state index contributed by atoms with van der Waals surface area (Å²) < 4.78 is 5.07. The highest BCUT2D eigenvalue weighted by atomic mass is 32.2. The largest absolute Gasteiger partial charge is 0.497 e. The standard InChI is InChI=1S/C22H28N2O3S/c1-22(2,3)17-7-11-19(12-8-17)28-15-20(25)23-13-14-24-21(26)16-5-9-18(27-4)10-6-16/h5-12H,13-15H2,1-4H3,(H,23,25)(H,24,26). The van der Waals surface area contributed by atoms with E-state index in [-0.39, 0.29) is 17.2 Å². The molecular formula is C22H28N2O3S. The van der Waals surface area contributed by atoms with Crippen molar-refractivity contribution in [3.8, 4) is 5.75 Å². The number of hydrogen-bond acceptors (Lipinski definition) is 4. The predicted octanol–water partition coefficient (Wildman–Crippen LogP) is 3.63. The molecule has 0 atom stereocenters. The number of nitrogens with one attached hydrogen (secondary N) is 2. The highest BCUT2D eigenvalue weighted by Gasteiger charge is 2.13. The zero-order valence-corrected chi connectivity index (χ0v) is 17.7. The van der Waals surface area contributed by atoms with Gasteiger partial charge in [-0.1, -0.05) is 32.9 Å². The summed E-state index contributed by atoms with van der Waals surface area (Å²) in [6.07, 6.45) is 0. The van der Waals surface area contributed by atoms with Crippen molar-refractivity contribution in [3.05, 3.63) is 59.7 Å². The molecule has 2 rings (SSSR count). The summed E-state index contributed by atoms with van der Waals surface area (Å²) in [4.78, 5) is 25.1. The third kappa shape index (κ3) is 6.93. The Hall–Kier alpha value is -2.47. The third-order valence-corrected chi connectivity index (χ3v) is 5.19. The second-order valence-electron chi connectivity index (χ2n) is 7.40. The number of thioether (sulfide) groups is 1. The minimum Gasteiger partial charge on any atom is -0.497 e. The van der Waals surface area contributed by atoms with Gasteiger partial charge in [0.05, 0.1) is 12.9 Å². The van der Waals surface area contributed by atoms with Gasteiger partial charge in [0.1, 0.15) is 5.75 Å². The molecule has 28 heavy (non-hydrogen) atoms. The van der Waals surface area contributed by atoms with Gasteiger partial charge in [-0.3, -0.25) is 9.59 Å². The van der Waals surface area contributed by atoms with Crippen LogP contribution in [0.1, 0.15) is 36.7 Å². The van der Waals surface area contributed by atoms with Gasteiger partial charge < -0.3 is 15.4 Å². The van der Waals surface area contributed by atoms with Crippen molar-refractivity contribution < 1.29 is 14.3 Å². The zero-order valence-electron chi connectivity index (χ0n) is 16.9. The topological polar surface area (TPSA) is 67.4 Å². The summed E-state index contributed by atoms with van der Waals surface area (Å²) >= 11 is 1.50. The van der Waals surface area contributed by atoms with Gasteiger partial charge in [0, 0.05) is 23.5 Å². The van der Waals surface area contributed by atoms with Gasteiger partial charge in [-0.2, -0.15) is 0 Å². The lowest BCUT2D eigenvalue weighted by Gasteiger charge is -2.19. The first-order chi connectivity index (χ1) is 13.3. The summed E-state index contributed by atoms with van der Waals surface area (Å²) in [7, 11) is 1.58. The van der Waals surface area contributed by atoms with E-state index in [9.17, 15) is 9.59 Å². The molecule has 150 valence electrons. The average Bonchev–Trinajstić information content (AvgIpc) is 2.69. The van der Waals surface area contributed by atoms with Gasteiger partial charge in [0.2, 0.25) is 5.91 Å². The van der Waals surface area contributed by atoms with Crippen LogP contribution in [-0.4, -0.2) is 37.8 Å².